The van der Waals surface area contributed by atoms with Crippen LogP contribution in [-0.2, 0) is 11.8 Å². The zero-order valence-electron chi connectivity index (χ0n) is 12.8. The maximum Gasteiger partial charge on any atom is 0.339 e. The normalized spacial score (nSPS) is 11.0. The van der Waals surface area contributed by atoms with Crippen LogP contribution in [0.4, 0.5) is 5.69 Å². The Bertz CT molecular complexity index is 666. The lowest BCUT2D eigenvalue weighted by atomic mass is 10.1. The number of fused-ring (bicyclic) bond motifs is 1. The first-order valence-electron chi connectivity index (χ1n) is 6.73. The SMILES string of the molecule is COCCCN(C)c1c(C(=O)O)cnc2c1c(C)nn2C. The molecule has 0 aromatic carbocycles. The minimum Gasteiger partial charge on any atom is -0.478 e. The van der Waals surface area contributed by atoms with Gasteiger partial charge in [0.1, 0.15) is 5.56 Å². The minimum atomic E-state index is -0.985. The summed E-state index contributed by atoms with van der Waals surface area (Å²) in [6.45, 7) is 3.19. The monoisotopic (exact) mass is 292 g/mol. The molecule has 0 atom stereocenters. The van der Waals surface area contributed by atoms with E-state index in [1.54, 1.807) is 18.8 Å². The molecule has 2 aromatic heterocycles. The molecule has 0 aliphatic rings. The van der Waals surface area contributed by atoms with E-state index < -0.39 is 5.97 Å². The highest BCUT2D eigenvalue weighted by atomic mass is 16.5. The van der Waals surface area contributed by atoms with Crippen LogP contribution in [0.5, 0.6) is 0 Å². The molecule has 0 radical (unpaired) electrons. The third kappa shape index (κ3) is 2.82. The first-order chi connectivity index (χ1) is 9.97. The molecule has 2 heterocycles. The van der Waals surface area contributed by atoms with Crippen LogP contribution in [0, 0.1) is 6.92 Å². The summed E-state index contributed by atoms with van der Waals surface area (Å²) >= 11 is 0. The molecule has 1 N–H and O–H groups in total. The van der Waals surface area contributed by atoms with Crippen LogP contribution < -0.4 is 4.90 Å². The summed E-state index contributed by atoms with van der Waals surface area (Å²) in [4.78, 5) is 17.7. The average Bonchev–Trinajstić information content (AvgIpc) is 2.73. The number of carboxylic acids is 1. The van der Waals surface area contributed by atoms with E-state index >= 15 is 0 Å². The second-order valence-electron chi connectivity index (χ2n) is 5.00. The predicted molar refractivity (Wildman–Crippen MR) is 80.0 cm³/mol. The Morgan fingerprint density at radius 1 is 1.52 bits per heavy atom. The molecule has 0 aliphatic heterocycles. The van der Waals surface area contributed by atoms with E-state index in [0.717, 1.165) is 17.5 Å². The van der Waals surface area contributed by atoms with Crippen molar-refractivity contribution in [1.29, 1.82) is 0 Å². The lowest BCUT2D eigenvalue weighted by Gasteiger charge is -2.22. The van der Waals surface area contributed by atoms with Gasteiger partial charge in [0, 0.05) is 40.6 Å². The van der Waals surface area contributed by atoms with E-state index in [0.29, 0.717) is 24.5 Å². The van der Waals surface area contributed by atoms with Crippen molar-refractivity contribution in [3.8, 4) is 0 Å². The summed E-state index contributed by atoms with van der Waals surface area (Å²) in [6, 6.07) is 0. The third-order valence-corrected chi connectivity index (χ3v) is 3.45. The fourth-order valence-corrected chi connectivity index (χ4v) is 2.50. The molecule has 2 aromatic rings. The number of ether oxygens (including phenoxy) is 1. The molecule has 7 heteroatoms. The van der Waals surface area contributed by atoms with Crippen molar-refractivity contribution in [2.24, 2.45) is 7.05 Å². The summed E-state index contributed by atoms with van der Waals surface area (Å²) in [7, 11) is 5.33. The van der Waals surface area contributed by atoms with Gasteiger partial charge < -0.3 is 14.7 Å². The quantitative estimate of drug-likeness (QED) is 0.812. The highest BCUT2D eigenvalue weighted by Gasteiger charge is 2.21. The molecule has 0 unspecified atom stereocenters. The molecular formula is C14H20N4O3. The number of hydrogen-bond donors (Lipinski definition) is 1. The number of rotatable bonds is 6. The Kier molecular flexibility index (Phi) is 4.42. The van der Waals surface area contributed by atoms with Gasteiger partial charge in [-0.15, -0.1) is 0 Å². The number of pyridine rings is 1. The van der Waals surface area contributed by atoms with Crippen LogP contribution in [0.2, 0.25) is 0 Å². The van der Waals surface area contributed by atoms with Crippen molar-refractivity contribution in [1.82, 2.24) is 14.8 Å². The lowest BCUT2D eigenvalue weighted by Crippen LogP contribution is -2.23. The molecule has 0 spiro atoms. The Morgan fingerprint density at radius 3 is 2.86 bits per heavy atom. The zero-order chi connectivity index (χ0) is 15.6. The van der Waals surface area contributed by atoms with E-state index in [1.165, 1.54) is 6.20 Å². The number of aromatic carboxylic acids is 1. The lowest BCUT2D eigenvalue weighted by molar-refractivity contribution is 0.0697. The van der Waals surface area contributed by atoms with Gasteiger partial charge in [0.25, 0.3) is 0 Å². The van der Waals surface area contributed by atoms with Crippen LogP contribution >= 0.6 is 0 Å². The maximum atomic E-state index is 11.5. The number of anilines is 1. The molecule has 114 valence electrons. The molecular weight excluding hydrogens is 272 g/mol. The van der Waals surface area contributed by atoms with Crippen LogP contribution in [0.15, 0.2) is 6.20 Å². The second kappa shape index (κ2) is 6.09. The Hall–Kier alpha value is -2.15. The van der Waals surface area contributed by atoms with Gasteiger partial charge >= 0.3 is 5.97 Å². The van der Waals surface area contributed by atoms with Crippen molar-refractivity contribution in [3.05, 3.63) is 17.5 Å². The smallest absolute Gasteiger partial charge is 0.339 e. The summed E-state index contributed by atoms with van der Waals surface area (Å²) < 4.78 is 6.72. The van der Waals surface area contributed by atoms with E-state index in [4.69, 9.17) is 4.74 Å². The maximum absolute atomic E-state index is 11.5. The molecule has 0 saturated heterocycles. The number of aromatic nitrogens is 3. The molecule has 0 aliphatic carbocycles. The first kappa shape index (κ1) is 15.2. The minimum absolute atomic E-state index is 0.193. The topological polar surface area (TPSA) is 80.5 Å². The number of nitrogens with zero attached hydrogens (tertiary/aromatic N) is 4. The number of methoxy groups -OCH3 is 1. The zero-order valence-corrected chi connectivity index (χ0v) is 12.8. The highest BCUT2D eigenvalue weighted by Crippen LogP contribution is 2.31. The summed E-state index contributed by atoms with van der Waals surface area (Å²) in [6.07, 6.45) is 2.21. The number of aryl methyl sites for hydroxylation is 2. The molecule has 0 bridgehead atoms. The summed E-state index contributed by atoms with van der Waals surface area (Å²) in [5.74, 6) is -0.985. The molecule has 0 saturated carbocycles. The fourth-order valence-electron chi connectivity index (χ4n) is 2.50. The van der Waals surface area contributed by atoms with Crippen LogP contribution in [0.3, 0.4) is 0 Å². The third-order valence-electron chi connectivity index (χ3n) is 3.45. The molecule has 21 heavy (non-hydrogen) atoms. The Labute approximate surface area is 123 Å². The number of carboxylic acid groups (broad SMARTS) is 1. The molecule has 0 fully saturated rings. The van der Waals surface area contributed by atoms with E-state index in [-0.39, 0.29) is 5.56 Å². The first-order valence-corrected chi connectivity index (χ1v) is 6.73. The summed E-state index contributed by atoms with van der Waals surface area (Å²) in [5, 5.41) is 14.6. The fraction of sp³-hybridized carbons (Fsp3) is 0.500. The van der Waals surface area contributed by atoms with E-state index in [2.05, 4.69) is 10.1 Å². The van der Waals surface area contributed by atoms with Gasteiger partial charge in [-0.25, -0.2) is 9.78 Å². The molecule has 0 amide bonds. The van der Waals surface area contributed by atoms with Gasteiger partial charge in [0.2, 0.25) is 0 Å². The average molecular weight is 292 g/mol. The Balaban J connectivity index is 2.56. The molecule has 2 rings (SSSR count). The van der Waals surface area contributed by atoms with Crippen LogP contribution in [0.25, 0.3) is 11.0 Å². The van der Waals surface area contributed by atoms with E-state index in [1.807, 2.05) is 18.9 Å². The van der Waals surface area contributed by atoms with Crippen LogP contribution in [-0.4, -0.2) is 53.1 Å². The standard InChI is InChI=1S/C14H20N4O3/c1-9-11-12(17(2)6-5-7-21-4)10(14(19)20)8-15-13(11)18(3)16-9/h8H,5-7H2,1-4H3,(H,19,20). The number of hydrogen-bond acceptors (Lipinski definition) is 5. The highest BCUT2D eigenvalue weighted by molar-refractivity contribution is 6.04. The predicted octanol–water partition coefficient (Wildman–Crippen LogP) is 1.45. The summed E-state index contributed by atoms with van der Waals surface area (Å²) in [5.41, 5.74) is 2.32. The second-order valence-corrected chi connectivity index (χ2v) is 5.00. The van der Waals surface area contributed by atoms with Gasteiger partial charge in [-0.3, -0.25) is 4.68 Å². The van der Waals surface area contributed by atoms with Crippen molar-refractivity contribution in [2.45, 2.75) is 13.3 Å². The van der Waals surface area contributed by atoms with Gasteiger partial charge in [0.15, 0.2) is 5.65 Å². The van der Waals surface area contributed by atoms with E-state index in [9.17, 15) is 9.90 Å². The van der Waals surface area contributed by atoms with Gasteiger partial charge in [0.05, 0.1) is 16.8 Å². The molecule has 7 nitrogen and oxygen atoms in total. The Morgan fingerprint density at radius 2 is 2.24 bits per heavy atom. The van der Waals surface area contributed by atoms with Crippen molar-refractivity contribution < 1.29 is 14.6 Å². The van der Waals surface area contributed by atoms with Gasteiger partial charge in [-0.2, -0.15) is 5.10 Å². The van der Waals surface area contributed by atoms with Crippen LogP contribution in [0.1, 0.15) is 22.5 Å². The van der Waals surface area contributed by atoms with Gasteiger partial charge in [-0.1, -0.05) is 0 Å². The number of carbonyl (C=O) groups is 1. The van der Waals surface area contributed by atoms with Gasteiger partial charge in [-0.05, 0) is 13.3 Å². The van der Waals surface area contributed by atoms with Crippen molar-refractivity contribution in [2.75, 3.05) is 32.2 Å². The van der Waals surface area contributed by atoms with Crippen molar-refractivity contribution in [3.63, 3.8) is 0 Å². The largest absolute Gasteiger partial charge is 0.478 e. The van der Waals surface area contributed by atoms with Crippen molar-refractivity contribution >= 4 is 22.7 Å².